The number of rotatable bonds is 2. The van der Waals surface area contributed by atoms with E-state index in [1.165, 1.54) is 0 Å². The monoisotopic (exact) mass is 202 g/mol. The quantitative estimate of drug-likeness (QED) is 0.671. The molecule has 14 heavy (non-hydrogen) atoms. The van der Waals surface area contributed by atoms with Crippen molar-refractivity contribution in [3.63, 3.8) is 0 Å². The Hall–Kier alpha value is -0.810. The van der Waals surface area contributed by atoms with Crippen LogP contribution in [0, 0.1) is 0 Å². The minimum Gasteiger partial charge on any atom is -0.444 e. The maximum Gasteiger partial charge on any atom is 0.410 e. The number of hydrogen-bond acceptors (Lipinski definition) is 4. The first-order valence-corrected chi connectivity index (χ1v) is 4.69. The molecule has 0 aromatic rings. The van der Waals surface area contributed by atoms with E-state index in [0.29, 0.717) is 13.1 Å². The van der Waals surface area contributed by atoms with E-state index < -0.39 is 5.60 Å². The van der Waals surface area contributed by atoms with Crippen LogP contribution in [0.25, 0.3) is 0 Å². The van der Waals surface area contributed by atoms with Gasteiger partial charge in [0.1, 0.15) is 5.60 Å². The minimum absolute atomic E-state index is 0.229. The van der Waals surface area contributed by atoms with Gasteiger partial charge in [0.25, 0.3) is 0 Å². The lowest BCUT2D eigenvalue weighted by Gasteiger charge is -2.39. The average molecular weight is 202 g/mol. The van der Waals surface area contributed by atoms with Crippen molar-refractivity contribution in [1.82, 2.24) is 10.4 Å². The third kappa shape index (κ3) is 3.16. The number of nitrogens with zero attached hydrogens (tertiary/aromatic N) is 1. The largest absolute Gasteiger partial charge is 0.444 e. The van der Waals surface area contributed by atoms with E-state index in [1.807, 2.05) is 20.8 Å². The SMILES string of the molecule is CONC1CN(C(=O)OC(C)(C)C)C1. The van der Waals surface area contributed by atoms with E-state index in [4.69, 9.17) is 9.57 Å². The molecular formula is C9H18N2O3. The van der Waals surface area contributed by atoms with Crippen molar-refractivity contribution < 1.29 is 14.4 Å². The molecule has 0 unspecified atom stereocenters. The molecule has 1 aliphatic rings. The van der Waals surface area contributed by atoms with E-state index in [2.05, 4.69) is 5.48 Å². The van der Waals surface area contributed by atoms with Crippen molar-refractivity contribution in [2.45, 2.75) is 32.4 Å². The molecule has 0 radical (unpaired) electrons. The first-order valence-electron chi connectivity index (χ1n) is 4.69. The molecule has 1 aliphatic heterocycles. The van der Waals surface area contributed by atoms with Gasteiger partial charge in [0, 0.05) is 13.1 Å². The summed E-state index contributed by atoms with van der Waals surface area (Å²) in [6.07, 6.45) is -0.258. The van der Waals surface area contributed by atoms with Crippen molar-refractivity contribution in [3.8, 4) is 0 Å². The maximum absolute atomic E-state index is 11.4. The fourth-order valence-corrected chi connectivity index (χ4v) is 1.20. The molecule has 0 aliphatic carbocycles. The molecule has 0 bridgehead atoms. The molecule has 0 aromatic heterocycles. The molecule has 5 heteroatoms. The van der Waals surface area contributed by atoms with Crippen molar-refractivity contribution in [3.05, 3.63) is 0 Å². The number of hydrogen-bond donors (Lipinski definition) is 1. The second-order valence-corrected chi connectivity index (χ2v) is 4.40. The summed E-state index contributed by atoms with van der Waals surface area (Å²) in [6.45, 7) is 6.85. The first-order chi connectivity index (χ1) is 6.42. The number of likely N-dealkylation sites (tertiary alicyclic amines) is 1. The number of carbonyl (C=O) groups is 1. The Morgan fingerprint density at radius 1 is 1.43 bits per heavy atom. The zero-order chi connectivity index (χ0) is 10.8. The lowest BCUT2D eigenvalue weighted by atomic mass is 10.1. The van der Waals surface area contributed by atoms with Gasteiger partial charge in [0.2, 0.25) is 0 Å². The lowest BCUT2D eigenvalue weighted by Crippen LogP contribution is -2.60. The van der Waals surface area contributed by atoms with Crippen LogP contribution in [0.4, 0.5) is 4.79 Å². The van der Waals surface area contributed by atoms with Gasteiger partial charge in [-0.25, -0.2) is 4.79 Å². The molecule has 0 spiro atoms. The van der Waals surface area contributed by atoms with Crippen LogP contribution in [0.15, 0.2) is 0 Å². The number of hydroxylamine groups is 1. The summed E-state index contributed by atoms with van der Waals surface area (Å²) in [5, 5.41) is 0. The second-order valence-electron chi connectivity index (χ2n) is 4.40. The summed E-state index contributed by atoms with van der Waals surface area (Å²) in [5.41, 5.74) is 2.36. The van der Waals surface area contributed by atoms with Crippen molar-refractivity contribution >= 4 is 6.09 Å². The molecular weight excluding hydrogens is 184 g/mol. The van der Waals surface area contributed by atoms with E-state index in [0.717, 1.165) is 0 Å². The van der Waals surface area contributed by atoms with E-state index >= 15 is 0 Å². The third-order valence-electron chi connectivity index (χ3n) is 1.82. The van der Waals surface area contributed by atoms with Crippen LogP contribution in [-0.2, 0) is 9.57 Å². The minimum atomic E-state index is -0.420. The Labute approximate surface area is 84.3 Å². The Bertz CT molecular complexity index is 207. The van der Waals surface area contributed by atoms with Gasteiger partial charge in [0.05, 0.1) is 13.2 Å². The molecule has 0 aromatic carbocycles. The Kier molecular flexibility index (Phi) is 3.34. The van der Waals surface area contributed by atoms with Crippen molar-refractivity contribution in [2.24, 2.45) is 0 Å². The fourth-order valence-electron chi connectivity index (χ4n) is 1.20. The number of carbonyl (C=O) groups excluding carboxylic acids is 1. The van der Waals surface area contributed by atoms with Gasteiger partial charge in [-0.3, -0.25) is 0 Å². The standard InChI is InChI=1S/C9H18N2O3/c1-9(2,3)14-8(12)11-5-7(6-11)10-13-4/h7,10H,5-6H2,1-4H3. The number of nitrogens with one attached hydrogen (secondary N) is 1. The highest BCUT2D eigenvalue weighted by Gasteiger charge is 2.33. The van der Waals surface area contributed by atoms with Gasteiger partial charge < -0.3 is 14.5 Å². The molecule has 1 amide bonds. The molecule has 0 saturated carbocycles. The van der Waals surface area contributed by atoms with Crippen LogP contribution in [0.2, 0.25) is 0 Å². The Balaban J connectivity index is 2.23. The molecule has 1 rings (SSSR count). The normalized spacial score (nSPS) is 17.9. The molecule has 1 fully saturated rings. The van der Waals surface area contributed by atoms with E-state index in [-0.39, 0.29) is 12.1 Å². The zero-order valence-corrected chi connectivity index (χ0v) is 9.16. The van der Waals surface area contributed by atoms with E-state index in [9.17, 15) is 4.79 Å². The van der Waals surface area contributed by atoms with Gasteiger partial charge in [-0.15, -0.1) is 0 Å². The topological polar surface area (TPSA) is 50.8 Å². The Morgan fingerprint density at radius 3 is 2.43 bits per heavy atom. The lowest BCUT2D eigenvalue weighted by molar-refractivity contribution is -0.0270. The van der Waals surface area contributed by atoms with Crippen molar-refractivity contribution in [2.75, 3.05) is 20.2 Å². The van der Waals surface area contributed by atoms with Crippen LogP contribution in [0.5, 0.6) is 0 Å². The van der Waals surface area contributed by atoms with Gasteiger partial charge in [0.15, 0.2) is 0 Å². The van der Waals surface area contributed by atoms with Gasteiger partial charge >= 0.3 is 6.09 Å². The number of ether oxygens (including phenoxy) is 1. The van der Waals surface area contributed by atoms with Gasteiger partial charge in [-0.1, -0.05) is 0 Å². The van der Waals surface area contributed by atoms with Crippen LogP contribution in [0.1, 0.15) is 20.8 Å². The summed E-state index contributed by atoms with van der Waals surface area (Å²) in [6, 6.07) is 0.229. The van der Waals surface area contributed by atoms with Crippen LogP contribution in [0.3, 0.4) is 0 Å². The zero-order valence-electron chi connectivity index (χ0n) is 9.16. The predicted molar refractivity (Wildman–Crippen MR) is 51.7 cm³/mol. The van der Waals surface area contributed by atoms with Crippen molar-refractivity contribution in [1.29, 1.82) is 0 Å². The summed E-state index contributed by atoms with van der Waals surface area (Å²) in [4.78, 5) is 17.8. The highest BCUT2D eigenvalue weighted by atomic mass is 16.6. The van der Waals surface area contributed by atoms with E-state index in [1.54, 1.807) is 12.0 Å². The van der Waals surface area contributed by atoms with Crippen LogP contribution in [-0.4, -0.2) is 42.8 Å². The summed E-state index contributed by atoms with van der Waals surface area (Å²) < 4.78 is 5.19. The molecule has 1 N–H and O–H groups in total. The highest BCUT2D eigenvalue weighted by molar-refractivity contribution is 5.69. The first kappa shape index (κ1) is 11.3. The second kappa shape index (κ2) is 4.14. The smallest absolute Gasteiger partial charge is 0.410 e. The average Bonchev–Trinajstić information content (AvgIpc) is 1.91. The summed E-state index contributed by atoms with van der Waals surface area (Å²) in [7, 11) is 1.57. The summed E-state index contributed by atoms with van der Waals surface area (Å²) in [5.74, 6) is 0. The van der Waals surface area contributed by atoms with Gasteiger partial charge in [-0.2, -0.15) is 5.48 Å². The molecule has 0 atom stereocenters. The number of amides is 1. The predicted octanol–water partition coefficient (Wildman–Crippen LogP) is 0.757. The Morgan fingerprint density at radius 2 is 2.00 bits per heavy atom. The van der Waals surface area contributed by atoms with Gasteiger partial charge in [-0.05, 0) is 20.8 Å². The third-order valence-corrected chi connectivity index (χ3v) is 1.82. The highest BCUT2D eigenvalue weighted by Crippen LogP contribution is 2.14. The molecule has 1 heterocycles. The van der Waals surface area contributed by atoms with Crippen LogP contribution < -0.4 is 5.48 Å². The molecule has 82 valence electrons. The molecule has 5 nitrogen and oxygen atoms in total. The fraction of sp³-hybridized carbons (Fsp3) is 0.889. The summed E-state index contributed by atoms with van der Waals surface area (Å²) >= 11 is 0. The van der Waals surface area contributed by atoms with Crippen LogP contribution >= 0.6 is 0 Å². The molecule has 1 saturated heterocycles. The maximum atomic E-state index is 11.4.